The van der Waals surface area contributed by atoms with E-state index in [9.17, 15) is 14.4 Å². The summed E-state index contributed by atoms with van der Waals surface area (Å²) in [6.07, 6.45) is 1.31. The molecule has 0 radical (unpaired) electrons. The molecule has 1 amide bonds. The smallest absolute Gasteiger partial charge is 0.328 e. The minimum atomic E-state index is -0.720. The van der Waals surface area contributed by atoms with E-state index in [0.717, 1.165) is 0 Å². The number of carbonyl (C=O) groups is 3. The summed E-state index contributed by atoms with van der Waals surface area (Å²) in [5, 5.41) is 0. The lowest BCUT2D eigenvalue weighted by atomic mass is 9.84. The number of esters is 1. The van der Waals surface area contributed by atoms with Gasteiger partial charge in [0.2, 0.25) is 0 Å². The van der Waals surface area contributed by atoms with Gasteiger partial charge in [-0.2, -0.15) is 0 Å². The number of fused-ring (bicyclic) bond motifs is 1. The highest BCUT2D eigenvalue weighted by Crippen LogP contribution is 2.34. The first kappa shape index (κ1) is 12.8. The van der Waals surface area contributed by atoms with Crippen LogP contribution in [-0.4, -0.2) is 55.0 Å². The number of hydrogen-bond acceptors (Lipinski definition) is 5. The average Bonchev–Trinajstić information content (AvgIpc) is 2.36. The zero-order chi connectivity index (χ0) is 13.4. The molecule has 3 atom stereocenters. The maximum Gasteiger partial charge on any atom is 0.328 e. The summed E-state index contributed by atoms with van der Waals surface area (Å²) in [4.78, 5) is 36.3. The number of carbonyl (C=O) groups excluding carboxylic acids is 3. The Morgan fingerprint density at radius 1 is 1.39 bits per heavy atom. The quantitative estimate of drug-likeness (QED) is 0.509. The SMILES string of the molecule is COC(=O)[C@@H]1CC(C(C)=O)=C[C@H]2[C@@H](OC)C(=O)N12. The fraction of sp³-hybridized carbons (Fsp3) is 0.583. The average molecular weight is 253 g/mol. The van der Waals surface area contributed by atoms with E-state index in [0.29, 0.717) is 5.57 Å². The monoisotopic (exact) mass is 253 g/mol. The molecule has 0 saturated carbocycles. The van der Waals surface area contributed by atoms with Gasteiger partial charge in [0.15, 0.2) is 11.9 Å². The van der Waals surface area contributed by atoms with Crippen LogP contribution in [0.25, 0.3) is 0 Å². The Hall–Kier alpha value is -1.69. The topological polar surface area (TPSA) is 72.9 Å². The van der Waals surface area contributed by atoms with Gasteiger partial charge in [-0.1, -0.05) is 6.08 Å². The van der Waals surface area contributed by atoms with Crippen LogP contribution in [0, 0.1) is 0 Å². The Morgan fingerprint density at radius 2 is 2.06 bits per heavy atom. The van der Waals surface area contributed by atoms with E-state index in [1.807, 2.05) is 0 Å². The van der Waals surface area contributed by atoms with Crippen molar-refractivity contribution >= 4 is 17.7 Å². The van der Waals surface area contributed by atoms with Crippen LogP contribution in [0.3, 0.4) is 0 Å². The minimum Gasteiger partial charge on any atom is -0.467 e. The van der Waals surface area contributed by atoms with Crippen molar-refractivity contribution in [2.75, 3.05) is 14.2 Å². The molecular formula is C12H15NO5. The Bertz CT molecular complexity index is 442. The van der Waals surface area contributed by atoms with Crippen molar-refractivity contribution in [1.82, 2.24) is 4.90 Å². The molecule has 2 aliphatic heterocycles. The molecule has 2 rings (SSSR count). The first-order valence-corrected chi connectivity index (χ1v) is 5.65. The van der Waals surface area contributed by atoms with Crippen LogP contribution >= 0.6 is 0 Å². The van der Waals surface area contributed by atoms with E-state index in [4.69, 9.17) is 4.74 Å². The number of methoxy groups -OCH3 is 2. The lowest BCUT2D eigenvalue weighted by Crippen LogP contribution is -2.70. The molecule has 6 nitrogen and oxygen atoms in total. The lowest BCUT2D eigenvalue weighted by Gasteiger charge is -2.50. The van der Waals surface area contributed by atoms with Crippen LogP contribution in [0.5, 0.6) is 0 Å². The highest BCUT2D eigenvalue weighted by molar-refractivity contribution is 5.99. The summed E-state index contributed by atoms with van der Waals surface area (Å²) >= 11 is 0. The van der Waals surface area contributed by atoms with E-state index in [1.165, 1.54) is 26.0 Å². The van der Waals surface area contributed by atoms with Gasteiger partial charge < -0.3 is 14.4 Å². The van der Waals surface area contributed by atoms with Gasteiger partial charge in [0.05, 0.1) is 13.2 Å². The van der Waals surface area contributed by atoms with Gasteiger partial charge in [-0.25, -0.2) is 4.79 Å². The zero-order valence-corrected chi connectivity index (χ0v) is 10.5. The number of ether oxygens (including phenoxy) is 2. The van der Waals surface area contributed by atoms with Crippen LogP contribution in [-0.2, 0) is 23.9 Å². The van der Waals surface area contributed by atoms with Crippen molar-refractivity contribution < 1.29 is 23.9 Å². The predicted octanol–water partition coefficient (Wildman–Crippen LogP) is -0.327. The van der Waals surface area contributed by atoms with Gasteiger partial charge in [-0.15, -0.1) is 0 Å². The summed E-state index contributed by atoms with van der Waals surface area (Å²) in [7, 11) is 2.70. The fourth-order valence-corrected chi connectivity index (χ4v) is 2.45. The number of Topliss-reactive ketones (excluding diaryl/α,β-unsaturated/α-hetero) is 1. The first-order valence-electron chi connectivity index (χ1n) is 5.65. The van der Waals surface area contributed by atoms with Crippen molar-refractivity contribution in [1.29, 1.82) is 0 Å². The normalized spacial score (nSPS) is 30.2. The molecule has 0 aliphatic carbocycles. The van der Waals surface area contributed by atoms with Gasteiger partial charge in [0.25, 0.3) is 5.91 Å². The molecule has 0 unspecified atom stereocenters. The molecular weight excluding hydrogens is 238 g/mol. The number of nitrogens with zero attached hydrogens (tertiary/aromatic N) is 1. The molecule has 0 aromatic rings. The van der Waals surface area contributed by atoms with Crippen molar-refractivity contribution in [2.45, 2.75) is 31.5 Å². The number of amides is 1. The first-order chi connectivity index (χ1) is 8.51. The van der Waals surface area contributed by atoms with Gasteiger partial charge in [-0.3, -0.25) is 9.59 Å². The summed E-state index contributed by atoms with van der Waals surface area (Å²) in [6.45, 7) is 1.44. The zero-order valence-electron chi connectivity index (χ0n) is 10.5. The van der Waals surface area contributed by atoms with Gasteiger partial charge in [-0.05, 0) is 12.5 Å². The molecule has 2 aliphatic rings. The summed E-state index contributed by atoms with van der Waals surface area (Å²) in [5.74, 6) is -0.843. The second-order valence-corrected chi connectivity index (χ2v) is 4.38. The van der Waals surface area contributed by atoms with Crippen LogP contribution in [0.4, 0.5) is 0 Å². The molecule has 1 saturated heterocycles. The Balaban J connectivity index is 2.31. The largest absolute Gasteiger partial charge is 0.467 e. The second-order valence-electron chi connectivity index (χ2n) is 4.38. The summed E-state index contributed by atoms with van der Waals surface area (Å²) in [5.41, 5.74) is 0.543. The Labute approximate surface area is 105 Å². The highest BCUT2D eigenvalue weighted by atomic mass is 16.5. The molecule has 0 spiro atoms. The molecule has 0 aromatic carbocycles. The minimum absolute atomic E-state index is 0.0993. The molecule has 2 heterocycles. The third kappa shape index (κ3) is 1.73. The molecule has 6 heteroatoms. The Morgan fingerprint density at radius 3 is 2.56 bits per heavy atom. The maximum absolute atomic E-state index is 11.8. The molecule has 0 bridgehead atoms. The standard InChI is InChI=1S/C12H15NO5/c1-6(14)7-4-8-10(17-2)11(15)13(8)9(5-7)12(16)18-3/h4,8-10H,5H2,1-3H3/t8-,9-,10+/m0/s1. The van der Waals surface area contributed by atoms with Crippen molar-refractivity contribution in [3.63, 3.8) is 0 Å². The molecule has 18 heavy (non-hydrogen) atoms. The van der Waals surface area contributed by atoms with Crippen LogP contribution in [0.1, 0.15) is 13.3 Å². The van der Waals surface area contributed by atoms with E-state index in [1.54, 1.807) is 6.08 Å². The number of ketones is 1. The molecule has 98 valence electrons. The van der Waals surface area contributed by atoms with Gasteiger partial charge in [0, 0.05) is 13.5 Å². The fourth-order valence-electron chi connectivity index (χ4n) is 2.45. The predicted molar refractivity (Wildman–Crippen MR) is 60.6 cm³/mol. The molecule has 0 N–H and O–H groups in total. The third-order valence-electron chi connectivity index (χ3n) is 3.43. The van der Waals surface area contributed by atoms with Gasteiger partial charge >= 0.3 is 5.97 Å². The van der Waals surface area contributed by atoms with E-state index in [-0.39, 0.29) is 24.2 Å². The number of hydrogen-bond donors (Lipinski definition) is 0. The third-order valence-corrected chi connectivity index (χ3v) is 3.43. The second kappa shape index (κ2) is 4.53. The van der Waals surface area contributed by atoms with Crippen molar-refractivity contribution in [3.8, 4) is 0 Å². The lowest BCUT2D eigenvalue weighted by molar-refractivity contribution is -0.179. The van der Waals surface area contributed by atoms with E-state index >= 15 is 0 Å². The Kier molecular flexibility index (Phi) is 3.21. The van der Waals surface area contributed by atoms with E-state index < -0.39 is 18.1 Å². The molecule has 1 fully saturated rings. The summed E-state index contributed by atoms with van der Waals surface area (Å²) < 4.78 is 9.73. The van der Waals surface area contributed by atoms with Crippen LogP contribution < -0.4 is 0 Å². The molecule has 0 aromatic heterocycles. The van der Waals surface area contributed by atoms with Gasteiger partial charge in [0.1, 0.15) is 6.04 Å². The highest BCUT2D eigenvalue weighted by Gasteiger charge is 2.54. The van der Waals surface area contributed by atoms with E-state index in [2.05, 4.69) is 4.74 Å². The van der Waals surface area contributed by atoms with Crippen molar-refractivity contribution in [3.05, 3.63) is 11.6 Å². The van der Waals surface area contributed by atoms with Crippen LogP contribution in [0.15, 0.2) is 11.6 Å². The van der Waals surface area contributed by atoms with Crippen molar-refractivity contribution in [2.24, 2.45) is 0 Å². The number of rotatable bonds is 3. The van der Waals surface area contributed by atoms with Crippen LogP contribution in [0.2, 0.25) is 0 Å². The number of β-lactam (4-membered cyclic amide) rings is 1. The maximum atomic E-state index is 11.8. The summed E-state index contributed by atoms with van der Waals surface area (Å²) in [6, 6.07) is -1.07.